The number of nitrogens with one attached hydrogen (secondary N) is 1. The molecule has 24 heavy (non-hydrogen) atoms. The molecular formula is C17H24ClN3O3. The van der Waals surface area contributed by atoms with Crippen molar-refractivity contribution in [2.45, 2.75) is 18.9 Å². The molecule has 6 nitrogen and oxygen atoms in total. The van der Waals surface area contributed by atoms with Gasteiger partial charge in [-0.25, -0.2) is 0 Å². The Morgan fingerprint density at radius 1 is 1.38 bits per heavy atom. The lowest BCUT2D eigenvalue weighted by Gasteiger charge is -2.26. The topological polar surface area (TPSA) is 61.9 Å². The molecule has 0 bridgehead atoms. The van der Waals surface area contributed by atoms with Crippen LogP contribution in [0.25, 0.3) is 0 Å². The molecular weight excluding hydrogens is 330 g/mol. The summed E-state index contributed by atoms with van der Waals surface area (Å²) in [5, 5.41) is 3.27. The summed E-state index contributed by atoms with van der Waals surface area (Å²) in [6, 6.07) is 7.66. The molecule has 2 saturated heterocycles. The van der Waals surface area contributed by atoms with Gasteiger partial charge < -0.3 is 19.9 Å². The molecule has 1 aromatic carbocycles. The van der Waals surface area contributed by atoms with Crippen molar-refractivity contribution in [2.24, 2.45) is 5.92 Å². The van der Waals surface area contributed by atoms with Crippen molar-refractivity contribution in [3.8, 4) is 5.75 Å². The number of carbonyl (C=O) groups is 2. The first kappa shape index (κ1) is 18.5. The number of methoxy groups -OCH3 is 1. The van der Waals surface area contributed by atoms with E-state index in [1.165, 1.54) is 0 Å². The van der Waals surface area contributed by atoms with E-state index >= 15 is 0 Å². The van der Waals surface area contributed by atoms with Gasteiger partial charge in [0, 0.05) is 32.6 Å². The summed E-state index contributed by atoms with van der Waals surface area (Å²) in [5.74, 6) is 0.413. The second kappa shape index (κ2) is 7.85. The van der Waals surface area contributed by atoms with Gasteiger partial charge in [0.1, 0.15) is 5.75 Å². The van der Waals surface area contributed by atoms with Crippen molar-refractivity contribution < 1.29 is 14.3 Å². The summed E-state index contributed by atoms with van der Waals surface area (Å²) in [4.78, 5) is 28.6. The molecule has 1 aromatic rings. The maximum absolute atomic E-state index is 12.7. The number of halogens is 1. The van der Waals surface area contributed by atoms with Crippen molar-refractivity contribution in [3.63, 3.8) is 0 Å². The number of para-hydroxylation sites is 2. The summed E-state index contributed by atoms with van der Waals surface area (Å²) in [6.45, 7) is 2.20. The Morgan fingerprint density at radius 3 is 2.79 bits per heavy atom. The predicted octanol–water partition coefficient (Wildman–Crippen LogP) is 1.29. The largest absolute Gasteiger partial charge is 0.495 e. The number of ether oxygens (including phenoxy) is 1. The van der Waals surface area contributed by atoms with Gasteiger partial charge in [0.25, 0.3) is 0 Å². The Kier molecular flexibility index (Phi) is 6.07. The van der Waals surface area contributed by atoms with Crippen molar-refractivity contribution in [3.05, 3.63) is 24.3 Å². The van der Waals surface area contributed by atoms with Crippen molar-refractivity contribution >= 4 is 29.9 Å². The second-order valence-electron chi connectivity index (χ2n) is 6.17. The van der Waals surface area contributed by atoms with Gasteiger partial charge in [0.2, 0.25) is 11.8 Å². The van der Waals surface area contributed by atoms with E-state index in [4.69, 9.17) is 4.74 Å². The molecule has 7 heteroatoms. The van der Waals surface area contributed by atoms with E-state index in [2.05, 4.69) is 5.32 Å². The van der Waals surface area contributed by atoms with Crippen LogP contribution >= 0.6 is 12.4 Å². The van der Waals surface area contributed by atoms with Gasteiger partial charge >= 0.3 is 0 Å². The number of benzene rings is 1. The first-order valence-corrected chi connectivity index (χ1v) is 8.02. The van der Waals surface area contributed by atoms with Crippen LogP contribution < -0.4 is 15.0 Å². The minimum atomic E-state index is -0.280. The summed E-state index contributed by atoms with van der Waals surface area (Å²) in [5.41, 5.74) is 0.737. The first-order chi connectivity index (χ1) is 11.1. The van der Waals surface area contributed by atoms with Crippen LogP contribution in [0.3, 0.4) is 0 Å². The molecule has 2 atom stereocenters. The lowest BCUT2D eigenvalue weighted by Crippen LogP contribution is -2.42. The van der Waals surface area contributed by atoms with Crippen LogP contribution in [0.4, 0.5) is 5.69 Å². The SMILES string of the molecule is COc1ccccc1N1CC(C(=O)N(C)C2CCNC2)CC1=O.Cl. The highest BCUT2D eigenvalue weighted by Crippen LogP contribution is 2.33. The van der Waals surface area contributed by atoms with Crippen LogP contribution in [0.15, 0.2) is 24.3 Å². The minimum Gasteiger partial charge on any atom is -0.495 e. The zero-order chi connectivity index (χ0) is 16.4. The molecule has 132 valence electrons. The maximum atomic E-state index is 12.7. The molecule has 2 aliphatic heterocycles. The Bertz CT molecular complexity index is 604. The smallest absolute Gasteiger partial charge is 0.228 e. The van der Waals surface area contributed by atoms with E-state index < -0.39 is 0 Å². The Hall–Kier alpha value is -1.79. The summed E-state index contributed by atoms with van der Waals surface area (Å²) >= 11 is 0. The summed E-state index contributed by atoms with van der Waals surface area (Å²) in [7, 11) is 3.43. The zero-order valence-electron chi connectivity index (χ0n) is 14.0. The van der Waals surface area contributed by atoms with E-state index in [1.54, 1.807) is 12.0 Å². The molecule has 0 radical (unpaired) electrons. The van der Waals surface area contributed by atoms with Crippen LogP contribution in [0.2, 0.25) is 0 Å². The van der Waals surface area contributed by atoms with E-state index in [0.717, 1.165) is 25.2 Å². The Balaban J connectivity index is 0.00000208. The van der Waals surface area contributed by atoms with Gasteiger partial charge in [-0.2, -0.15) is 0 Å². The average molecular weight is 354 g/mol. The maximum Gasteiger partial charge on any atom is 0.228 e. The van der Waals surface area contributed by atoms with Crippen LogP contribution in [0, 0.1) is 5.92 Å². The number of anilines is 1. The third kappa shape index (κ3) is 3.49. The monoisotopic (exact) mass is 353 g/mol. The lowest BCUT2D eigenvalue weighted by atomic mass is 10.1. The molecule has 0 aromatic heterocycles. The van der Waals surface area contributed by atoms with Crippen molar-refractivity contribution in [1.82, 2.24) is 10.2 Å². The molecule has 0 aliphatic carbocycles. The second-order valence-corrected chi connectivity index (χ2v) is 6.17. The molecule has 2 unspecified atom stereocenters. The number of nitrogens with zero attached hydrogens (tertiary/aromatic N) is 2. The van der Waals surface area contributed by atoms with Gasteiger partial charge in [-0.3, -0.25) is 9.59 Å². The van der Waals surface area contributed by atoms with Gasteiger partial charge in [-0.1, -0.05) is 12.1 Å². The molecule has 3 rings (SSSR count). The van der Waals surface area contributed by atoms with Crippen molar-refractivity contribution in [2.75, 3.05) is 38.7 Å². The Labute approximate surface area is 148 Å². The van der Waals surface area contributed by atoms with Crippen LogP contribution in [0.5, 0.6) is 5.75 Å². The summed E-state index contributed by atoms with van der Waals surface area (Å²) < 4.78 is 5.33. The average Bonchev–Trinajstić information content (AvgIpc) is 3.23. The predicted molar refractivity (Wildman–Crippen MR) is 94.7 cm³/mol. The number of hydrogen-bond donors (Lipinski definition) is 1. The van der Waals surface area contributed by atoms with Gasteiger partial charge in [-0.15, -0.1) is 12.4 Å². The normalized spacial score (nSPS) is 23.1. The highest BCUT2D eigenvalue weighted by molar-refractivity contribution is 6.01. The number of rotatable bonds is 4. The number of carbonyl (C=O) groups excluding carboxylic acids is 2. The van der Waals surface area contributed by atoms with Gasteiger partial charge in [-0.05, 0) is 25.1 Å². The molecule has 0 saturated carbocycles. The van der Waals surface area contributed by atoms with E-state index in [9.17, 15) is 9.59 Å². The van der Waals surface area contributed by atoms with E-state index in [-0.39, 0.29) is 42.6 Å². The standard InChI is InChI=1S/C17H23N3O3.ClH/c1-19(13-7-8-18-10-13)17(22)12-9-16(21)20(11-12)14-5-3-4-6-15(14)23-2;/h3-6,12-13,18H,7-11H2,1-2H3;1H. The van der Waals surface area contributed by atoms with Gasteiger partial charge in [0.05, 0.1) is 18.7 Å². The fourth-order valence-corrected chi connectivity index (χ4v) is 3.40. The number of hydrogen-bond acceptors (Lipinski definition) is 4. The number of amides is 2. The van der Waals surface area contributed by atoms with Gasteiger partial charge in [0.15, 0.2) is 0 Å². The highest BCUT2D eigenvalue weighted by Gasteiger charge is 2.39. The highest BCUT2D eigenvalue weighted by atomic mass is 35.5. The molecule has 2 heterocycles. The number of likely N-dealkylation sites (N-methyl/N-ethyl adjacent to an activating group) is 1. The fourth-order valence-electron chi connectivity index (χ4n) is 3.40. The lowest BCUT2D eigenvalue weighted by molar-refractivity contribution is -0.136. The molecule has 0 spiro atoms. The van der Waals surface area contributed by atoms with Crippen LogP contribution in [0.1, 0.15) is 12.8 Å². The summed E-state index contributed by atoms with van der Waals surface area (Å²) in [6.07, 6.45) is 1.24. The Morgan fingerprint density at radius 2 is 2.12 bits per heavy atom. The third-order valence-electron chi connectivity index (χ3n) is 4.78. The molecule has 1 N–H and O–H groups in total. The minimum absolute atomic E-state index is 0. The van der Waals surface area contributed by atoms with E-state index in [1.807, 2.05) is 36.2 Å². The first-order valence-electron chi connectivity index (χ1n) is 8.02. The van der Waals surface area contributed by atoms with E-state index in [0.29, 0.717) is 12.3 Å². The molecule has 2 aliphatic rings. The third-order valence-corrected chi connectivity index (χ3v) is 4.78. The molecule has 2 amide bonds. The zero-order valence-corrected chi connectivity index (χ0v) is 14.8. The fraction of sp³-hybridized carbons (Fsp3) is 0.529. The molecule has 2 fully saturated rings. The van der Waals surface area contributed by atoms with Crippen LogP contribution in [-0.4, -0.2) is 56.5 Å². The van der Waals surface area contributed by atoms with Crippen molar-refractivity contribution in [1.29, 1.82) is 0 Å². The quantitative estimate of drug-likeness (QED) is 0.886. The van der Waals surface area contributed by atoms with Crippen LogP contribution in [-0.2, 0) is 9.59 Å².